The number of phosphoric ester groups is 1. The predicted octanol–water partition coefficient (Wildman–Crippen LogP) is -2.21. The number of aliphatic hydroxyl groups excluding tert-OH is 5. The fourth-order valence-electron chi connectivity index (χ4n) is 1.19. The van der Waals surface area contributed by atoms with E-state index < -0.39 is 44.8 Å². The van der Waals surface area contributed by atoms with Gasteiger partial charge in [-0.15, -0.1) is 0 Å². The second-order valence-electron chi connectivity index (χ2n) is 4.55. The monoisotopic (exact) mass is 364 g/mol. The lowest BCUT2D eigenvalue weighted by Crippen LogP contribution is -2.48. The molecule has 0 rings (SSSR count). The Morgan fingerprint density at radius 1 is 1.09 bits per heavy atom. The van der Waals surface area contributed by atoms with Gasteiger partial charge >= 0.3 is 13.8 Å². The Hall–Kier alpha value is -0.620. The van der Waals surface area contributed by atoms with Gasteiger partial charge in [0.1, 0.15) is 18.3 Å². The first-order chi connectivity index (χ1) is 10.5. The Labute approximate surface area is 133 Å². The summed E-state index contributed by atoms with van der Waals surface area (Å²) in [5.74, 6) is -1.83. The maximum Gasteiger partial charge on any atom is 0.469 e. The van der Waals surface area contributed by atoms with Crippen molar-refractivity contribution in [2.45, 2.75) is 50.6 Å². The molecule has 0 heterocycles. The fraction of sp³-hybridized carbons (Fsp3) is 0.909. The zero-order valence-corrected chi connectivity index (χ0v) is 13.5. The highest BCUT2D eigenvalue weighted by Gasteiger charge is 2.35. The van der Waals surface area contributed by atoms with Crippen LogP contribution < -0.4 is 0 Å². The number of rotatable bonds is 10. The summed E-state index contributed by atoms with van der Waals surface area (Å²) in [6, 6.07) is 0. The molecule has 0 bridgehead atoms. The van der Waals surface area contributed by atoms with Gasteiger partial charge in [-0.25, -0.2) is 9.36 Å². The number of unbranched alkanes of at least 4 members (excludes halogenated alkanes) is 2. The molecule has 0 radical (unpaired) electrons. The zero-order chi connectivity index (χ0) is 18.6. The summed E-state index contributed by atoms with van der Waals surface area (Å²) in [6.07, 6.45) is -5.38. The quantitative estimate of drug-likeness (QED) is 0.154. The second kappa shape index (κ2) is 12.8. The van der Waals surface area contributed by atoms with Gasteiger partial charge < -0.3 is 40.4 Å². The molecule has 0 aliphatic heterocycles. The summed E-state index contributed by atoms with van der Waals surface area (Å²) in [7, 11) is -4.86. The minimum Gasteiger partial charge on any atom is -0.479 e. The van der Waals surface area contributed by atoms with E-state index in [-0.39, 0.29) is 0 Å². The van der Waals surface area contributed by atoms with Gasteiger partial charge in [-0.2, -0.15) is 0 Å². The summed E-state index contributed by atoms with van der Waals surface area (Å²) < 4.78 is 14.1. The van der Waals surface area contributed by atoms with Crippen LogP contribution in [0.3, 0.4) is 0 Å². The highest BCUT2D eigenvalue weighted by atomic mass is 31.2. The number of hydrogen-bond donors (Lipinski definition) is 8. The average Bonchev–Trinajstić information content (AvgIpc) is 2.47. The lowest BCUT2D eigenvalue weighted by molar-refractivity contribution is -0.164. The number of aliphatic carboxylic acids is 1. The van der Waals surface area contributed by atoms with E-state index in [0.717, 1.165) is 12.8 Å². The molecule has 140 valence electrons. The number of carboxylic acids is 1. The van der Waals surface area contributed by atoms with E-state index in [1.807, 2.05) is 0 Å². The Balaban J connectivity index is 0. The Kier molecular flexibility index (Phi) is 13.7. The molecule has 0 spiro atoms. The van der Waals surface area contributed by atoms with Crippen molar-refractivity contribution in [1.82, 2.24) is 0 Å². The number of carbonyl (C=O) groups is 1. The summed E-state index contributed by atoms with van der Waals surface area (Å²) in [5.41, 5.74) is 0. The van der Waals surface area contributed by atoms with Crippen LogP contribution in [0.15, 0.2) is 0 Å². The first kappa shape index (κ1) is 24.6. The molecule has 11 nitrogen and oxygen atoms in total. The maximum absolute atomic E-state index is 10.2. The van der Waals surface area contributed by atoms with Crippen LogP contribution in [0.1, 0.15) is 26.2 Å². The highest BCUT2D eigenvalue weighted by Crippen LogP contribution is 2.35. The zero-order valence-electron chi connectivity index (χ0n) is 12.6. The van der Waals surface area contributed by atoms with Crippen molar-refractivity contribution in [3.63, 3.8) is 0 Å². The number of hydrogen-bond acceptors (Lipinski definition) is 8. The van der Waals surface area contributed by atoms with Crippen LogP contribution in [0.5, 0.6) is 0 Å². The summed E-state index contributed by atoms with van der Waals surface area (Å²) in [4.78, 5) is 26.8. The van der Waals surface area contributed by atoms with Crippen LogP contribution in [-0.2, 0) is 13.9 Å². The van der Waals surface area contributed by atoms with Crippen LogP contribution in [0.4, 0.5) is 0 Å². The molecule has 8 N–H and O–H groups in total. The molecule has 0 saturated carbocycles. The van der Waals surface area contributed by atoms with Gasteiger partial charge in [0.15, 0.2) is 6.10 Å². The van der Waals surface area contributed by atoms with Crippen molar-refractivity contribution in [2.24, 2.45) is 0 Å². The normalized spacial score (nSPS) is 16.7. The third kappa shape index (κ3) is 13.5. The van der Waals surface area contributed by atoms with Gasteiger partial charge in [0, 0.05) is 6.61 Å². The molecule has 4 atom stereocenters. The molecule has 0 aromatic heterocycles. The van der Waals surface area contributed by atoms with Gasteiger partial charge in [-0.05, 0) is 6.42 Å². The minimum absolute atomic E-state index is 0.355. The standard InChI is InChI=1S/C6H13O10P.C5H12O/c7-2(1-16-17(13,14)15)3(8)4(9)5(10)6(11)12;1-2-3-4-5-6/h2-5,7-10H,1H2,(H,11,12)(H2,13,14,15);6H,2-5H2,1H3. The van der Waals surface area contributed by atoms with Crippen LogP contribution in [0, 0.1) is 0 Å². The summed E-state index contributed by atoms with van der Waals surface area (Å²) in [5, 5.41) is 52.6. The Morgan fingerprint density at radius 2 is 1.61 bits per heavy atom. The predicted molar refractivity (Wildman–Crippen MR) is 76.3 cm³/mol. The third-order valence-corrected chi connectivity index (χ3v) is 2.98. The van der Waals surface area contributed by atoms with Crippen LogP contribution in [0.25, 0.3) is 0 Å². The molecule has 12 heteroatoms. The van der Waals surface area contributed by atoms with Crippen molar-refractivity contribution < 1.29 is 54.3 Å². The van der Waals surface area contributed by atoms with E-state index >= 15 is 0 Å². The van der Waals surface area contributed by atoms with E-state index in [2.05, 4.69) is 11.4 Å². The maximum atomic E-state index is 10.2. The van der Waals surface area contributed by atoms with Gasteiger partial charge in [0.2, 0.25) is 0 Å². The van der Waals surface area contributed by atoms with Crippen molar-refractivity contribution in [3.05, 3.63) is 0 Å². The van der Waals surface area contributed by atoms with Crippen LogP contribution in [0.2, 0.25) is 0 Å². The second-order valence-corrected chi connectivity index (χ2v) is 5.79. The molecular weight excluding hydrogens is 339 g/mol. The van der Waals surface area contributed by atoms with Crippen LogP contribution >= 0.6 is 7.82 Å². The van der Waals surface area contributed by atoms with Crippen molar-refractivity contribution >= 4 is 13.8 Å². The largest absolute Gasteiger partial charge is 0.479 e. The van der Waals surface area contributed by atoms with E-state index in [4.69, 9.17) is 40.4 Å². The van der Waals surface area contributed by atoms with Crippen molar-refractivity contribution in [3.8, 4) is 0 Å². The molecule has 0 amide bonds. The smallest absolute Gasteiger partial charge is 0.469 e. The first-order valence-corrected chi connectivity index (χ1v) is 8.26. The SMILES string of the molecule is CCCCCO.O=C(O)C(O)C(O)C(O)C(O)COP(=O)(O)O. The number of carboxylic acid groups (broad SMARTS) is 1. The molecule has 0 saturated heterocycles. The van der Waals surface area contributed by atoms with Gasteiger partial charge in [-0.1, -0.05) is 19.8 Å². The number of aliphatic hydroxyl groups is 5. The van der Waals surface area contributed by atoms with Gasteiger partial charge in [-0.3, -0.25) is 4.52 Å². The van der Waals surface area contributed by atoms with Crippen LogP contribution in [-0.4, -0.2) is 84.0 Å². The van der Waals surface area contributed by atoms with Gasteiger partial charge in [0.05, 0.1) is 6.61 Å². The molecule has 0 fully saturated rings. The lowest BCUT2D eigenvalue weighted by atomic mass is 10.0. The molecule has 4 unspecified atom stereocenters. The molecule has 23 heavy (non-hydrogen) atoms. The Morgan fingerprint density at radius 3 is 1.91 bits per heavy atom. The third-order valence-electron chi connectivity index (χ3n) is 2.50. The van der Waals surface area contributed by atoms with E-state index in [1.165, 1.54) is 6.42 Å². The number of phosphoric acid groups is 1. The fourth-order valence-corrected chi connectivity index (χ4v) is 1.54. The summed E-state index contributed by atoms with van der Waals surface area (Å²) in [6.45, 7) is 1.43. The minimum atomic E-state index is -4.86. The molecule has 0 aromatic carbocycles. The lowest BCUT2D eigenvalue weighted by Gasteiger charge is -2.24. The molecule has 0 aromatic rings. The highest BCUT2D eigenvalue weighted by molar-refractivity contribution is 7.46. The average molecular weight is 364 g/mol. The van der Waals surface area contributed by atoms with Gasteiger partial charge in [0.25, 0.3) is 0 Å². The van der Waals surface area contributed by atoms with Crippen molar-refractivity contribution in [1.29, 1.82) is 0 Å². The first-order valence-electron chi connectivity index (χ1n) is 6.73. The Bertz CT molecular complexity index is 354. The summed E-state index contributed by atoms with van der Waals surface area (Å²) >= 11 is 0. The van der Waals surface area contributed by atoms with E-state index in [9.17, 15) is 9.36 Å². The van der Waals surface area contributed by atoms with E-state index in [1.54, 1.807) is 0 Å². The van der Waals surface area contributed by atoms with E-state index in [0.29, 0.717) is 6.61 Å². The molecular formula is C11H25O11P. The molecule has 0 aliphatic carbocycles. The van der Waals surface area contributed by atoms with Crippen molar-refractivity contribution in [2.75, 3.05) is 13.2 Å². The topological polar surface area (TPSA) is 205 Å². The molecule has 0 aliphatic rings.